The van der Waals surface area contributed by atoms with E-state index in [4.69, 9.17) is 21.1 Å². The summed E-state index contributed by atoms with van der Waals surface area (Å²) in [6.45, 7) is 4.58. The highest BCUT2D eigenvalue weighted by Gasteiger charge is 2.19. The first-order valence-corrected chi connectivity index (χ1v) is 8.57. The summed E-state index contributed by atoms with van der Waals surface area (Å²) in [5.41, 5.74) is 2.00. The first kappa shape index (κ1) is 17.7. The fraction of sp³-hybridized carbons (Fsp3) is 0.333. The lowest BCUT2D eigenvalue weighted by molar-refractivity contribution is 0.0278. The van der Waals surface area contributed by atoms with Gasteiger partial charge in [0.1, 0.15) is 0 Å². The zero-order chi connectivity index (χ0) is 17.6. The molecule has 0 bridgehead atoms. The summed E-state index contributed by atoms with van der Waals surface area (Å²) in [5, 5.41) is 6.67. The van der Waals surface area contributed by atoms with Gasteiger partial charge in [-0.3, -0.25) is 4.79 Å². The Bertz CT molecular complexity index is 748. The molecular weight excluding hydrogens is 342 g/mol. The normalized spacial score (nSPS) is 17.1. The van der Waals surface area contributed by atoms with Crippen LogP contribution < -0.4 is 15.4 Å². The molecule has 1 atom stereocenters. The van der Waals surface area contributed by atoms with Gasteiger partial charge in [-0.2, -0.15) is 0 Å². The van der Waals surface area contributed by atoms with E-state index in [9.17, 15) is 4.79 Å². The number of morpholine rings is 1. The van der Waals surface area contributed by atoms with Crippen molar-refractivity contribution < 1.29 is 14.3 Å². The first-order valence-electron chi connectivity index (χ1n) is 8.19. The Balaban J connectivity index is 1.71. The van der Waals surface area contributed by atoms with Crippen molar-refractivity contribution in [2.75, 3.05) is 31.6 Å². The maximum atomic E-state index is 12.4. The minimum atomic E-state index is -0.247. The van der Waals surface area contributed by atoms with Gasteiger partial charge in [0.25, 0.3) is 5.91 Å². The molecule has 0 spiro atoms. The molecule has 0 radical (unpaired) electrons. The molecule has 2 N–H and O–H groups in total. The number of carbonyl (C=O) groups is 1. The van der Waals surface area contributed by atoms with Crippen molar-refractivity contribution in [2.24, 2.45) is 0 Å². The first-order chi connectivity index (χ1) is 12.2. The van der Waals surface area contributed by atoms with Crippen LogP contribution in [0.3, 0.4) is 0 Å². The molecule has 2 heterocycles. The number of nitrogens with one attached hydrogen (secondary N) is 2. The van der Waals surface area contributed by atoms with E-state index in [0.717, 1.165) is 18.7 Å². The number of hydrogen-bond acceptors (Lipinski definition) is 5. The molecular formula is C18H20ClN3O3. The van der Waals surface area contributed by atoms with Crippen molar-refractivity contribution in [3.05, 3.63) is 52.7 Å². The van der Waals surface area contributed by atoms with E-state index in [1.807, 2.05) is 19.1 Å². The Morgan fingerprint density at radius 1 is 1.44 bits per heavy atom. The number of halogens is 1. The van der Waals surface area contributed by atoms with Gasteiger partial charge in [0.15, 0.2) is 0 Å². The molecule has 0 aliphatic carbocycles. The lowest BCUT2D eigenvalue weighted by Gasteiger charge is -2.25. The average molecular weight is 362 g/mol. The summed E-state index contributed by atoms with van der Waals surface area (Å²) in [4.78, 5) is 16.4. The zero-order valence-corrected chi connectivity index (χ0v) is 14.7. The van der Waals surface area contributed by atoms with E-state index in [0.29, 0.717) is 35.4 Å². The van der Waals surface area contributed by atoms with Gasteiger partial charge in [0.05, 0.1) is 19.3 Å². The second-order valence-corrected chi connectivity index (χ2v) is 5.98. The van der Waals surface area contributed by atoms with Crippen molar-refractivity contribution in [3.63, 3.8) is 0 Å². The van der Waals surface area contributed by atoms with Crippen LogP contribution in [-0.4, -0.2) is 37.2 Å². The van der Waals surface area contributed by atoms with Crippen molar-refractivity contribution >= 4 is 23.2 Å². The summed E-state index contributed by atoms with van der Waals surface area (Å²) < 4.78 is 11.0. The number of ether oxygens (including phenoxy) is 2. The number of nitrogens with zero attached hydrogens (tertiary/aromatic N) is 1. The third kappa shape index (κ3) is 4.48. The number of hydrogen-bond donors (Lipinski definition) is 2. The quantitative estimate of drug-likeness (QED) is 0.856. The van der Waals surface area contributed by atoms with E-state index in [2.05, 4.69) is 15.6 Å². The van der Waals surface area contributed by atoms with E-state index < -0.39 is 0 Å². The largest absolute Gasteiger partial charge is 0.478 e. The van der Waals surface area contributed by atoms with Crippen LogP contribution >= 0.6 is 11.6 Å². The molecule has 1 aromatic carbocycles. The highest BCUT2D eigenvalue weighted by molar-refractivity contribution is 6.31. The number of amides is 1. The van der Waals surface area contributed by atoms with E-state index in [1.165, 1.54) is 0 Å². The van der Waals surface area contributed by atoms with Crippen molar-refractivity contribution in [2.45, 2.75) is 13.0 Å². The second kappa shape index (κ2) is 8.29. The van der Waals surface area contributed by atoms with E-state index >= 15 is 0 Å². The van der Waals surface area contributed by atoms with Gasteiger partial charge in [0.2, 0.25) is 5.88 Å². The molecule has 1 aromatic heterocycles. The predicted octanol–water partition coefficient (Wildman–Crippen LogP) is 3.05. The fourth-order valence-corrected chi connectivity index (χ4v) is 2.91. The third-order valence-corrected chi connectivity index (χ3v) is 4.15. The average Bonchev–Trinajstić information content (AvgIpc) is 2.63. The zero-order valence-electron chi connectivity index (χ0n) is 13.9. The Morgan fingerprint density at radius 2 is 2.32 bits per heavy atom. The molecule has 1 unspecified atom stereocenters. The van der Waals surface area contributed by atoms with Gasteiger partial charge < -0.3 is 20.1 Å². The molecule has 1 saturated heterocycles. The molecule has 1 amide bonds. The summed E-state index contributed by atoms with van der Waals surface area (Å²) in [6.07, 6.45) is 1.48. The van der Waals surface area contributed by atoms with Crippen molar-refractivity contribution in [3.8, 4) is 5.88 Å². The van der Waals surface area contributed by atoms with Gasteiger partial charge in [-0.15, -0.1) is 0 Å². The minimum absolute atomic E-state index is 0.0695. The monoisotopic (exact) mass is 361 g/mol. The molecule has 7 heteroatoms. The van der Waals surface area contributed by atoms with Gasteiger partial charge in [-0.1, -0.05) is 17.7 Å². The Kier molecular flexibility index (Phi) is 5.86. The molecule has 3 rings (SSSR count). The van der Waals surface area contributed by atoms with Gasteiger partial charge in [-0.25, -0.2) is 4.98 Å². The number of anilines is 1. The second-order valence-electron chi connectivity index (χ2n) is 5.57. The summed E-state index contributed by atoms with van der Waals surface area (Å²) in [6, 6.07) is 8.68. The summed E-state index contributed by atoms with van der Waals surface area (Å²) in [5.74, 6) is 0.174. The van der Waals surface area contributed by atoms with Crippen LogP contribution in [0.5, 0.6) is 5.88 Å². The number of rotatable bonds is 5. The molecule has 1 aliphatic rings. The molecule has 6 nitrogen and oxygen atoms in total. The van der Waals surface area contributed by atoms with Gasteiger partial charge >= 0.3 is 0 Å². The maximum absolute atomic E-state index is 12.4. The highest BCUT2D eigenvalue weighted by Crippen LogP contribution is 2.29. The molecule has 2 aromatic rings. The van der Waals surface area contributed by atoms with Crippen LogP contribution in [0.4, 0.5) is 5.69 Å². The Morgan fingerprint density at radius 3 is 3.04 bits per heavy atom. The topological polar surface area (TPSA) is 72.5 Å². The van der Waals surface area contributed by atoms with E-state index in [-0.39, 0.29) is 12.0 Å². The molecule has 0 saturated carbocycles. The minimum Gasteiger partial charge on any atom is -0.478 e. The van der Waals surface area contributed by atoms with Crippen LogP contribution in [0.1, 0.15) is 28.9 Å². The van der Waals surface area contributed by atoms with Crippen molar-refractivity contribution in [1.29, 1.82) is 0 Å². The Labute approximate surface area is 151 Å². The van der Waals surface area contributed by atoms with Crippen LogP contribution in [-0.2, 0) is 4.74 Å². The summed E-state index contributed by atoms with van der Waals surface area (Å²) >= 11 is 6.37. The molecule has 132 valence electrons. The summed E-state index contributed by atoms with van der Waals surface area (Å²) in [7, 11) is 0. The predicted molar refractivity (Wildman–Crippen MR) is 96.4 cm³/mol. The van der Waals surface area contributed by atoms with E-state index in [1.54, 1.807) is 24.4 Å². The van der Waals surface area contributed by atoms with Crippen LogP contribution in [0.2, 0.25) is 5.02 Å². The lowest BCUT2D eigenvalue weighted by Crippen LogP contribution is -2.33. The van der Waals surface area contributed by atoms with Gasteiger partial charge in [-0.05, 0) is 25.1 Å². The van der Waals surface area contributed by atoms with Crippen LogP contribution in [0.15, 0.2) is 36.5 Å². The molecule has 25 heavy (non-hydrogen) atoms. The van der Waals surface area contributed by atoms with Crippen LogP contribution in [0.25, 0.3) is 0 Å². The standard InChI is InChI=1S/C18H20ClN3O3/c1-2-24-17-9-12(5-6-21-17)18(23)22-13-3-4-14(15(19)10-13)16-11-20-7-8-25-16/h3-6,9-10,16,20H,2,7-8,11H2,1H3,(H,22,23). The SMILES string of the molecule is CCOc1cc(C(=O)Nc2ccc(C3CNCCO3)c(Cl)c2)ccn1. The fourth-order valence-electron chi connectivity index (χ4n) is 2.61. The number of aromatic nitrogens is 1. The maximum Gasteiger partial charge on any atom is 0.255 e. The number of pyridine rings is 1. The number of carbonyl (C=O) groups excluding carboxylic acids is 1. The smallest absolute Gasteiger partial charge is 0.255 e. The lowest BCUT2D eigenvalue weighted by atomic mass is 10.1. The third-order valence-electron chi connectivity index (χ3n) is 3.82. The molecule has 1 fully saturated rings. The highest BCUT2D eigenvalue weighted by atomic mass is 35.5. The number of benzene rings is 1. The Hall–Kier alpha value is -2.15. The van der Waals surface area contributed by atoms with Crippen LogP contribution in [0, 0.1) is 0 Å². The van der Waals surface area contributed by atoms with Crippen molar-refractivity contribution in [1.82, 2.24) is 10.3 Å². The molecule has 1 aliphatic heterocycles. The van der Waals surface area contributed by atoms with Gasteiger partial charge in [0, 0.05) is 47.2 Å².